The molecule has 0 bridgehead atoms. The SMILES string of the molecule is CC(NCc1cccnc1)c1nccs1. The summed E-state index contributed by atoms with van der Waals surface area (Å²) in [7, 11) is 0. The Labute approximate surface area is 93.2 Å². The number of hydrogen-bond acceptors (Lipinski definition) is 4. The summed E-state index contributed by atoms with van der Waals surface area (Å²) < 4.78 is 0. The highest BCUT2D eigenvalue weighted by Gasteiger charge is 2.06. The van der Waals surface area contributed by atoms with Crippen LogP contribution in [0.2, 0.25) is 0 Å². The summed E-state index contributed by atoms with van der Waals surface area (Å²) in [5.74, 6) is 0. The first kappa shape index (κ1) is 10.3. The minimum Gasteiger partial charge on any atom is -0.304 e. The largest absolute Gasteiger partial charge is 0.304 e. The maximum atomic E-state index is 4.27. The molecule has 0 saturated heterocycles. The van der Waals surface area contributed by atoms with E-state index in [9.17, 15) is 0 Å². The van der Waals surface area contributed by atoms with Crippen LogP contribution in [0.15, 0.2) is 36.1 Å². The standard InChI is InChI=1S/C11H13N3S/c1-9(11-13-5-6-15-11)14-8-10-3-2-4-12-7-10/h2-7,9,14H,8H2,1H3. The maximum absolute atomic E-state index is 4.27. The van der Waals surface area contributed by atoms with Gasteiger partial charge in [-0.3, -0.25) is 4.98 Å². The van der Waals surface area contributed by atoms with Crippen molar-refractivity contribution in [3.8, 4) is 0 Å². The van der Waals surface area contributed by atoms with Gasteiger partial charge < -0.3 is 5.32 Å². The zero-order valence-electron chi connectivity index (χ0n) is 8.55. The van der Waals surface area contributed by atoms with Crippen molar-refractivity contribution in [2.45, 2.75) is 19.5 Å². The molecule has 0 radical (unpaired) electrons. The van der Waals surface area contributed by atoms with Gasteiger partial charge in [0.2, 0.25) is 0 Å². The van der Waals surface area contributed by atoms with E-state index in [2.05, 4.69) is 28.3 Å². The van der Waals surface area contributed by atoms with E-state index in [4.69, 9.17) is 0 Å². The second kappa shape index (κ2) is 5.00. The highest BCUT2D eigenvalue weighted by molar-refractivity contribution is 7.09. The van der Waals surface area contributed by atoms with Crippen LogP contribution in [0.3, 0.4) is 0 Å². The Bertz CT molecular complexity index is 385. The Balaban J connectivity index is 1.89. The molecule has 1 N–H and O–H groups in total. The van der Waals surface area contributed by atoms with Crippen LogP contribution in [0, 0.1) is 0 Å². The van der Waals surface area contributed by atoms with Crippen molar-refractivity contribution >= 4 is 11.3 Å². The number of nitrogens with one attached hydrogen (secondary N) is 1. The van der Waals surface area contributed by atoms with E-state index in [0.717, 1.165) is 11.6 Å². The number of rotatable bonds is 4. The molecule has 0 fully saturated rings. The quantitative estimate of drug-likeness (QED) is 0.858. The molecule has 0 aliphatic heterocycles. The monoisotopic (exact) mass is 219 g/mol. The van der Waals surface area contributed by atoms with Gasteiger partial charge in [0, 0.05) is 30.5 Å². The molecule has 2 rings (SSSR count). The van der Waals surface area contributed by atoms with Crippen molar-refractivity contribution < 1.29 is 0 Å². The van der Waals surface area contributed by atoms with E-state index in [-0.39, 0.29) is 0 Å². The van der Waals surface area contributed by atoms with Crippen LogP contribution in [-0.2, 0) is 6.54 Å². The lowest BCUT2D eigenvalue weighted by Crippen LogP contribution is -2.17. The molecule has 78 valence electrons. The summed E-state index contributed by atoms with van der Waals surface area (Å²) >= 11 is 1.68. The lowest BCUT2D eigenvalue weighted by Gasteiger charge is -2.10. The maximum Gasteiger partial charge on any atom is 0.109 e. The summed E-state index contributed by atoms with van der Waals surface area (Å²) in [5.41, 5.74) is 1.20. The third-order valence-corrected chi connectivity index (χ3v) is 3.12. The van der Waals surface area contributed by atoms with Crippen molar-refractivity contribution in [1.29, 1.82) is 0 Å². The molecular formula is C11H13N3S. The number of aromatic nitrogens is 2. The highest BCUT2D eigenvalue weighted by Crippen LogP contribution is 2.14. The fraction of sp³-hybridized carbons (Fsp3) is 0.273. The van der Waals surface area contributed by atoms with Crippen molar-refractivity contribution in [2.24, 2.45) is 0 Å². The highest BCUT2D eigenvalue weighted by atomic mass is 32.1. The predicted octanol–water partition coefficient (Wildman–Crippen LogP) is 2.39. The van der Waals surface area contributed by atoms with E-state index in [1.807, 2.05) is 23.8 Å². The molecule has 2 aromatic rings. The minimum atomic E-state index is 0.296. The molecule has 4 heteroatoms. The fourth-order valence-electron chi connectivity index (χ4n) is 1.31. The van der Waals surface area contributed by atoms with E-state index in [0.29, 0.717) is 6.04 Å². The van der Waals surface area contributed by atoms with Crippen LogP contribution in [0.25, 0.3) is 0 Å². The molecule has 2 aromatic heterocycles. The van der Waals surface area contributed by atoms with Gasteiger partial charge in [0.05, 0.1) is 6.04 Å². The van der Waals surface area contributed by atoms with Crippen LogP contribution < -0.4 is 5.32 Å². The van der Waals surface area contributed by atoms with Crippen LogP contribution in [-0.4, -0.2) is 9.97 Å². The van der Waals surface area contributed by atoms with Gasteiger partial charge in [-0.15, -0.1) is 11.3 Å². The van der Waals surface area contributed by atoms with Gasteiger partial charge in [0.25, 0.3) is 0 Å². The summed E-state index contributed by atoms with van der Waals surface area (Å²) in [6.45, 7) is 2.95. The number of thiazole rings is 1. The number of pyridine rings is 1. The van der Waals surface area contributed by atoms with Gasteiger partial charge in [-0.25, -0.2) is 4.98 Å². The van der Waals surface area contributed by atoms with Gasteiger partial charge in [-0.1, -0.05) is 6.07 Å². The molecule has 0 aliphatic carbocycles. The van der Waals surface area contributed by atoms with Gasteiger partial charge in [-0.2, -0.15) is 0 Å². The van der Waals surface area contributed by atoms with Gasteiger partial charge in [-0.05, 0) is 18.6 Å². The van der Waals surface area contributed by atoms with Gasteiger partial charge in [0.15, 0.2) is 0 Å². The Morgan fingerprint density at radius 3 is 3.07 bits per heavy atom. The minimum absolute atomic E-state index is 0.296. The topological polar surface area (TPSA) is 37.8 Å². The van der Waals surface area contributed by atoms with Crippen molar-refractivity contribution in [2.75, 3.05) is 0 Å². The zero-order chi connectivity index (χ0) is 10.5. The summed E-state index contributed by atoms with van der Waals surface area (Å²) in [6.07, 6.45) is 5.50. The predicted molar refractivity (Wildman–Crippen MR) is 61.6 cm³/mol. The number of hydrogen-bond donors (Lipinski definition) is 1. The molecule has 0 aliphatic rings. The van der Waals surface area contributed by atoms with Crippen molar-refractivity contribution in [1.82, 2.24) is 15.3 Å². The fourth-order valence-corrected chi connectivity index (χ4v) is 1.98. The van der Waals surface area contributed by atoms with Crippen molar-refractivity contribution in [3.63, 3.8) is 0 Å². The molecule has 2 heterocycles. The van der Waals surface area contributed by atoms with Gasteiger partial charge >= 0.3 is 0 Å². The van der Waals surface area contributed by atoms with Crippen LogP contribution in [0.1, 0.15) is 23.5 Å². The second-order valence-electron chi connectivity index (χ2n) is 3.33. The molecule has 15 heavy (non-hydrogen) atoms. The van der Waals surface area contributed by atoms with E-state index in [1.165, 1.54) is 5.56 Å². The Hall–Kier alpha value is -1.26. The molecule has 0 amide bonds. The Morgan fingerprint density at radius 2 is 2.40 bits per heavy atom. The Kier molecular flexibility index (Phi) is 3.42. The molecule has 1 atom stereocenters. The molecule has 0 saturated carbocycles. The van der Waals surface area contributed by atoms with E-state index >= 15 is 0 Å². The summed E-state index contributed by atoms with van der Waals surface area (Å²) in [4.78, 5) is 8.34. The molecule has 0 spiro atoms. The molecule has 3 nitrogen and oxygen atoms in total. The van der Waals surface area contributed by atoms with E-state index < -0.39 is 0 Å². The van der Waals surface area contributed by atoms with Crippen LogP contribution in [0.5, 0.6) is 0 Å². The Morgan fingerprint density at radius 1 is 1.47 bits per heavy atom. The first-order chi connectivity index (χ1) is 7.36. The zero-order valence-corrected chi connectivity index (χ0v) is 9.37. The smallest absolute Gasteiger partial charge is 0.109 e. The average molecular weight is 219 g/mol. The summed E-state index contributed by atoms with van der Waals surface area (Å²) in [6, 6.07) is 4.31. The molecular weight excluding hydrogens is 206 g/mol. The van der Waals surface area contributed by atoms with Crippen molar-refractivity contribution in [3.05, 3.63) is 46.7 Å². The molecule has 0 aromatic carbocycles. The van der Waals surface area contributed by atoms with E-state index in [1.54, 1.807) is 17.5 Å². The number of nitrogens with zero attached hydrogens (tertiary/aromatic N) is 2. The third-order valence-electron chi connectivity index (χ3n) is 2.16. The van der Waals surface area contributed by atoms with Crippen LogP contribution in [0.4, 0.5) is 0 Å². The second-order valence-corrected chi connectivity index (χ2v) is 4.26. The normalized spacial score (nSPS) is 12.6. The average Bonchev–Trinajstić information content (AvgIpc) is 2.81. The summed E-state index contributed by atoms with van der Waals surface area (Å²) in [5, 5.41) is 6.53. The lowest BCUT2D eigenvalue weighted by atomic mass is 10.2. The molecule has 1 unspecified atom stereocenters. The lowest BCUT2D eigenvalue weighted by molar-refractivity contribution is 0.571. The van der Waals surface area contributed by atoms with Gasteiger partial charge in [0.1, 0.15) is 5.01 Å². The first-order valence-corrected chi connectivity index (χ1v) is 5.76. The third kappa shape index (κ3) is 2.84. The van der Waals surface area contributed by atoms with Crippen LogP contribution >= 0.6 is 11.3 Å². The first-order valence-electron chi connectivity index (χ1n) is 4.88.